The Morgan fingerprint density at radius 3 is 2.17 bits per heavy atom. The molecule has 0 saturated heterocycles. The molecule has 0 aromatic carbocycles. The lowest BCUT2D eigenvalue weighted by Crippen LogP contribution is -2.42. The fourth-order valence-corrected chi connectivity index (χ4v) is 0.944. The van der Waals surface area contributed by atoms with Crippen molar-refractivity contribution in [3.05, 3.63) is 0 Å². The molecule has 2 N–H and O–H groups in total. The maximum atomic E-state index is 10.8. The van der Waals surface area contributed by atoms with E-state index in [2.05, 4.69) is 5.32 Å². The third-order valence-electron chi connectivity index (χ3n) is 1.39. The van der Waals surface area contributed by atoms with Gasteiger partial charge in [-0.25, -0.2) is 4.79 Å². The van der Waals surface area contributed by atoms with Crippen LogP contribution in [0.1, 0.15) is 13.8 Å². The first-order valence-corrected chi connectivity index (χ1v) is 4.78. The molecule has 12 heavy (non-hydrogen) atoms. The topological polar surface area (TPSA) is 66.4 Å². The number of thioether (sulfide) groups is 1. The molecule has 0 radical (unpaired) electrons. The summed E-state index contributed by atoms with van der Waals surface area (Å²) in [6, 6.07) is -0.787. The maximum Gasteiger partial charge on any atom is 0.326 e. The van der Waals surface area contributed by atoms with Gasteiger partial charge >= 0.3 is 5.97 Å². The molecule has 4 nitrogen and oxygen atoms in total. The molecular formula is C7H13NO3S. The van der Waals surface area contributed by atoms with Crippen molar-refractivity contribution in [3.63, 3.8) is 0 Å². The summed E-state index contributed by atoms with van der Waals surface area (Å²) in [7, 11) is 0. The van der Waals surface area contributed by atoms with Crippen LogP contribution in [-0.2, 0) is 4.79 Å². The highest BCUT2D eigenvalue weighted by Gasteiger charge is 2.22. The zero-order valence-corrected chi connectivity index (χ0v) is 8.14. The van der Waals surface area contributed by atoms with Crippen LogP contribution in [0.3, 0.4) is 0 Å². The molecule has 0 fully saturated rings. The number of amides is 1. The molecule has 1 unspecified atom stereocenters. The van der Waals surface area contributed by atoms with Crippen LogP contribution in [0.15, 0.2) is 0 Å². The summed E-state index contributed by atoms with van der Waals surface area (Å²) < 4.78 is 0. The van der Waals surface area contributed by atoms with Crippen LogP contribution in [0.4, 0.5) is 4.79 Å². The molecular weight excluding hydrogens is 178 g/mol. The Kier molecular flexibility index (Phi) is 4.73. The Labute approximate surface area is 75.7 Å². The molecule has 0 saturated carbocycles. The smallest absolute Gasteiger partial charge is 0.326 e. The first-order chi connectivity index (χ1) is 5.49. The number of hydrogen-bond donors (Lipinski definition) is 2. The maximum absolute atomic E-state index is 10.8. The van der Waals surface area contributed by atoms with Crippen molar-refractivity contribution < 1.29 is 14.7 Å². The number of carbonyl (C=O) groups is 2. The average molecular weight is 191 g/mol. The van der Waals surface area contributed by atoms with Crippen LogP contribution in [-0.4, -0.2) is 28.6 Å². The third kappa shape index (κ3) is 3.61. The summed E-state index contributed by atoms with van der Waals surface area (Å²) in [5.41, 5.74) is 0. The Morgan fingerprint density at radius 1 is 1.42 bits per heavy atom. The molecule has 0 aliphatic carbocycles. The fraction of sp³-hybridized carbons (Fsp3) is 0.714. The van der Waals surface area contributed by atoms with E-state index in [9.17, 15) is 9.59 Å². The second-order valence-corrected chi connectivity index (χ2v) is 3.47. The van der Waals surface area contributed by atoms with Crippen molar-refractivity contribution in [2.75, 3.05) is 6.26 Å². The van der Waals surface area contributed by atoms with Crippen molar-refractivity contribution in [3.8, 4) is 0 Å². The van der Waals surface area contributed by atoms with Gasteiger partial charge in [0.2, 0.25) is 0 Å². The molecule has 0 bridgehead atoms. The predicted octanol–water partition coefficient (Wildman–Crippen LogP) is 1.17. The van der Waals surface area contributed by atoms with Gasteiger partial charge in [-0.1, -0.05) is 25.6 Å². The normalized spacial score (nSPS) is 12.7. The van der Waals surface area contributed by atoms with Gasteiger partial charge in [0.1, 0.15) is 6.04 Å². The minimum absolute atomic E-state index is 0.0985. The summed E-state index contributed by atoms with van der Waals surface area (Å²) in [5.74, 6) is -1.09. The lowest BCUT2D eigenvalue weighted by Gasteiger charge is -2.16. The Balaban J connectivity index is 4.14. The molecule has 5 heteroatoms. The minimum atomic E-state index is -0.993. The molecule has 1 amide bonds. The van der Waals surface area contributed by atoms with Crippen LogP contribution in [0, 0.1) is 5.92 Å². The van der Waals surface area contributed by atoms with Gasteiger partial charge in [-0.2, -0.15) is 0 Å². The molecule has 0 rings (SSSR count). The lowest BCUT2D eigenvalue weighted by atomic mass is 10.1. The monoisotopic (exact) mass is 191 g/mol. The molecule has 1 atom stereocenters. The Hall–Kier alpha value is -0.710. The van der Waals surface area contributed by atoms with E-state index < -0.39 is 12.0 Å². The fourth-order valence-electron chi connectivity index (χ4n) is 0.699. The second kappa shape index (κ2) is 5.03. The van der Waals surface area contributed by atoms with Gasteiger partial charge in [0.15, 0.2) is 0 Å². The van der Waals surface area contributed by atoms with Gasteiger partial charge in [0.25, 0.3) is 5.24 Å². The predicted molar refractivity (Wildman–Crippen MR) is 48.3 cm³/mol. The summed E-state index contributed by atoms with van der Waals surface area (Å²) >= 11 is 0.975. The zero-order valence-electron chi connectivity index (χ0n) is 7.33. The number of nitrogens with one attached hydrogen (secondary N) is 1. The van der Waals surface area contributed by atoms with Gasteiger partial charge in [0, 0.05) is 0 Å². The van der Waals surface area contributed by atoms with Crippen LogP contribution in [0.5, 0.6) is 0 Å². The number of hydrogen-bond acceptors (Lipinski definition) is 3. The van der Waals surface area contributed by atoms with Crippen molar-refractivity contribution in [1.82, 2.24) is 5.32 Å². The second-order valence-electron chi connectivity index (χ2n) is 2.70. The number of rotatable bonds is 3. The van der Waals surface area contributed by atoms with Crippen molar-refractivity contribution in [2.24, 2.45) is 5.92 Å². The summed E-state index contributed by atoms with van der Waals surface area (Å²) in [4.78, 5) is 21.4. The number of carbonyl (C=O) groups excluding carboxylic acids is 1. The molecule has 0 spiro atoms. The molecule has 0 aromatic heterocycles. The van der Waals surface area contributed by atoms with E-state index in [0.717, 1.165) is 11.8 Å². The summed E-state index contributed by atoms with van der Waals surface area (Å²) in [6.07, 6.45) is 1.61. The molecule has 0 aromatic rings. The number of carboxylic acid groups (broad SMARTS) is 1. The largest absolute Gasteiger partial charge is 0.480 e. The van der Waals surface area contributed by atoms with Gasteiger partial charge in [-0.15, -0.1) is 0 Å². The first-order valence-electron chi connectivity index (χ1n) is 3.56. The van der Waals surface area contributed by atoms with Crippen molar-refractivity contribution >= 4 is 23.0 Å². The van der Waals surface area contributed by atoms with E-state index in [0.29, 0.717) is 0 Å². The van der Waals surface area contributed by atoms with E-state index in [1.54, 1.807) is 20.1 Å². The molecule has 0 aliphatic heterocycles. The van der Waals surface area contributed by atoms with Crippen LogP contribution < -0.4 is 5.32 Å². The molecule has 0 heterocycles. The standard InChI is InChI=1S/C7H13NO3S/c1-4(2)5(6(9)10)8-7(11)12-3/h4-5H,1-3H3,(H,8,11)(H,9,10). The Bertz CT molecular complexity index is 181. The van der Waals surface area contributed by atoms with Gasteiger partial charge < -0.3 is 10.4 Å². The van der Waals surface area contributed by atoms with E-state index in [-0.39, 0.29) is 11.2 Å². The van der Waals surface area contributed by atoms with Gasteiger partial charge in [0.05, 0.1) is 0 Å². The Morgan fingerprint density at radius 2 is 1.92 bits per heavy atom. The van der Waals surface area contributed by atoms with Crippen molar-refractivity contribution in [1.29, 1.82) is 0 Å². The quantitative estimate of drug-likeness (QED) is 0.702. The van der Waals surface area contributed by atoms with E-state index in [4.69, 9.17) is 5.11 Å². The van der Waals surface area contributed by atoms with Crippen LogP contribution >= 0.6 is 11.8 Å². The number of aliphatic carboxylic acids is 1. The highest BCUT2D eigenvalue weighted by Crippen LogP contribution is 2.04. The molecule has 0 aliphatic rings. The number of carboxylic acids is 1. The lowest BCUT2D eigenvalue weighted by molar-refractivity contribution is -0.140. The van der Waals surface area contributed by atoms with Gasteiger partial charge in [-0.05, 0) is 12.2 Å². The van der Waals surface area contributed by atoms with Crippen LogP contribution in [0.25, 0.3) is 0 Å². The summed E-state index contributed by atoms with van der Waals surface area (Å²) in [6.45, 7) is 3.50. The first kappa shape index (κ1) is 11.3. The SMILES string of the molecule is CSC(=O)NC(C(=O)O)C(C)C. The minimum Gasteiger partial charge on any atom is -0.480 e. The van der Waals surface area contributed by atoms with E-state index >= 15 is 0 Å². The zero-order chi connectivity index (χ0) is 9.72. The average Bonchev–Trinajstić information content (AvgIpc) is 1.98. The summed E-state index contributed by atoms with van der Waals surface area (Å²) in [5, 5.41) is 10.7. The molecule has 70 valence electrons. The van der Waals surface area contributed by atoms with Crippen molar-refractivity contribution in [2.45, 2.75) is 19.9 Å². The third-order valence-corrected chi connectivity index (χ3v) is 1.88. The van der Waals surface area contributed by atoms with E-state index in [1.807, 2.05) is 0 Å². The van der Waals surface area contributed by atoms with Gasteiger partial charge in [-0.3, -0.25) is 4.79 Å². The highest BCUT2D eigenvalue weighted by molar-refractivity contribution is 8.12. The van der Waals surface area contributed by atoms with E-state index in [1.165, 1.54) is 0 Å². The highest BCUT2D eigenvalue weighted by atomic mass is 32.2. The van der Waals surface area contributed by atoms with Crippen LogP contribution in [0.2, 0.25) is 0 Å².